The molecule has 0 saturated heterocycles. The molecule has 2 heteroatoms. The van der Waals surface area contributed by atoms with Crippen molar-refractivity contribution in [2.75, 3.05) is 0 Å². The SMILES string of the molecule is CCCC(/C=C(\C)C(N)=O)CC. The highest BCUT2D eigenvalue weighted by Crippen LogP contribution is 2.14. The molecule has 0 heterocycles. The molecule has 0 aromatic rings. The summed E-state index contributed by atoms with van der Waals surface area (Å²) in [5, 5.41) is 0. The second-order valence-electron chi connectivity index (χ2n) is 3.17. The quantitative estimate of drug-likeness (QED) is 0.630. The molecule has 12 heavy (non-hydrogen) atoms. The highest BCUT2D eigenvalue weighted by Gasteiger charge is 2.04. The molecule has 70 valence electrons. The third-order valence-corrected chi connectivity index (χ3v) is 2.06. The van der Waals surface area contributed by atoms with Crippen LogP contribution in [0.3, 0.4) is 0 Å². The summed E-state index contributed by atoms with van der Waals surface area (Å²) in [6, 6.07) is 0. The van der Waals surface area contributed by atoms with Gasteiger partial charge in [0.15, 0.2) is 0 Å². The summed E-state index contributed by atoms with van der Waals surface area (Å²) in [5.74, 6) is 0.215. The minimum atomic E-state index is -0.301. The van der Waals surface area contributed by atoms with Crippen LogP contribution in [-0.4, -0.2) is 5.91 Å². The first-order valence-corrected chi connectivity index (χ1v) is 4.60. The first-order valence-electron chi connectivity index (χ1n) is 4.60. The Hall–Kier alpha value is -0.790. The molecule has 0 aliphatic rings. The second-order valence-corrected chi connectivity index (χ2v) is 3.17. The van der Waals surface area contributed by atoms with Gasteiger partial charge in [0.2, 0.25) is 5.91 Å². The standard InChI is InChI=1S/C10H19NO/c1-4-6-9(5-2)7-8(3)10(11)12/h7,9H,4-6H2,1-3H3,(H2,11,12)/b8-7+. The average Bonchev–Trinajstić information content (AvgIpc) is 2.03. The maximum atomic E-state index is 10.7. The lowest BCUT2D eigenvalue weighted by Gasteiger charge is -2.08. The van der Waals surface area contributed by atoms with Gasteiger partial charge < -0.3 is 5.73 Å². The maximum absolute atomic E-state index is 10.7. The molecule has 0 saturated carbocycles. The van der Waals surface area contributed by atoms with Crippen LogP contribution >= 0.6 is 0 Å². The number of hydrogen-bond donors (Lipinski definition) is 1. The second kappa shape index (κ2) is 5.81. The summed E-state index contributed by atoms with van der Waals surface area (Å²) in [6.07, 6.45) is 5.37. The minimum absolute atomic E-state index is 0.301. The zero-order valence-electron chi connectivity index (χ0n) is 8.26. The Balaban J connectivity index is 4.14. The van der Waals surface area contributed by atoms with E-state index in [-0.39, 0.29) is 5.91 Å². The van der Waals surface area contributed by atoms with Crippen LogP contribution in [0.15, 0.2) is 11.6 Å². The number of hydrogen-bond acceptors (Lipinski definition) is 1. The smallest absolute Gasteiger partial charge is 0.244 e. The van der Waals surface area contributed by atoms with Crippen molar-refractivity contribution in [2.45, 2.75) is 40.0 Å². The van der Waals surface area contributed by atoms with E-state index in [2.05, 4.69) is 13.8 Å². The molecular weight excluding hydrogens is 150 g/mol. The lowest BCUT2D eigenvalue weighted by atomic mass is 9.98. The van der Waals surface area contributed by atoms with E-state index in [0.717, 1.165) is 19.3 Å². The van der Waals surface area contributed by atoms with E-state index in [9.17, 15) is 4.79 Å². The van der Waals surface area contributed by atoms with E-state index < -0.39 is 0 Å². The molecule has 0 aromatic carbocycles. The molecule has 0 aliphatic carbocycles. The summed E-state index contributed by atoms with van der Waals surface area (Å²) in [5.41, 5.74) is 5.82. The van der Waals surface area contributed by atoms with Gasteiger partial charge in [0.1, 0.15) is 0 Å². The number of carbonyl (C=O) groups is 1. The monoisotopic (exact) mass is 169 g/mol. The fraction of sp³-hybridized carbons (Fsp3) is 0.700. The first kappa shape index (κ1) is 11.2. The number of nitrogens with two attached hydrogens (primary N) is 1. The Bertz CT molecular complexity index is 173. The van der Waals surface area contributed by atoms with Gasteiger partial charge in [-0.15, -0.1) is 0 Å². The molecule has 0 rings (SSSR count). The zero-order valence-corrected chi connectivity index (χ0v) is 8.26. The number of rotatable bonds is 5. The maximum Gasteiger partial charge on any atom is 0.244 e. The summed E-state index contributed by atoms with van der Waals surface area (Å²) in [7, 11) is 0. The van der Waals surface area contributed by atoms with Crippen LogP contribution in [0.25, 0.3) is 0 Å². The number of primary amides is 1. The van der Waals surface area contributed by atoms with Crippen LogP contribution in [0.5, 0.6) is 0 Å². The van der Waals surface area contributed by atoms with E-state index in [1.807, 2.05) is 6.08 Å². The molecule has 2 N–H and O–H groups in total. The van der Waals surface area contributed by atoms with E-state index >= 15 is 0 Å². The van der Waals surface area contributed by atoms with Crippen molar-refractivity contribution in [2.24, 2.45) is 11.7 Å². The molecule has 0 fully saturated rings. The summed E-state index contributed by atoms with van der Waals surface area (Å²) in [6.45, 7) is 6.06. The van der Waals surface area contributed by atoms with Crippen LogP contribution < -0.4 is 5.73 Å². The lowest BCUT2D eigenvalue weighted by Crippen LogP contribution is -2.12. The summed E-state index contributed by atoms with van der Waals surface area (Å²) in [4.78, 5) is 10.7. The van der Waals surface area contributed by atoms with Gasteiger partial charge in [0.05, 0.1) is 0 Å². The fourth-order valence-corrected chi connectivity index (χ4v) is 1.21. The lowest BCUT2D eigenvalue weighted by molar-refractivity contribution is -0.114. The van der Waals surface area contributed by atoms with Crippen molar-refractivity contribution in [1.29, 1.82) is 0 Å². The van der Waals surface area contributed by atoms with Gasteiger partial charge in [0.25, 0.3) is 0 Å². The fourth-order valence-electron chi connectivity index (χ4n) is 1.21. The van der Waals surface area contributed by atoms with Crippen molar-refractivity contribution in [3.63, 3.8) is 0 Å². The van der Waals surface area contributed by atoms with Gasteiger partial charge >= 0.3 is 0 Å². The Morgan fingerprint density at radius 1 is 1.50 bits per heavy atom. The molecule has 1 amide bonds. The van der Waals surface area contributed by atoms with Crippen molar-refractivity contribution in [3.8, 4) is 0 Å². The molecule has 0 radical (unpaired) electrons. The topological polar surface area (TPSA) is 43.1 Å². The molecule has 1 atom stereocenters. The number of carbonyl (C=O) groups excluding carboxylic acids is 1. The normalized spacial score (nSPS) is 14.4. The van der Waals surface area contributed by atoms with Gasteiger partial charge in [-0.1, -0.05) is 26.3 Å². The van der Waals surface area contributed by atoms with E-state index in [4.69, 9.17) is 5.73 Å². The molecule has 0 aromatic heterocycles. The predicted octanol–water partition coefficient (Wildman–Crippen LogP) is 2.24. The molecular formula is C10H19NO. The Kier molecular flexibility index (Phi) is 5.43. The highest BCUT2D eigenvalue weighted by molar-refractivity contribution is 5.91. The van der Waals surface area contributed by atoms with Crippen molar-refractivity contribution < 1.29 is 4.79 Å². The van der Waals surface area contributed by atoms with E-state index in [1.165, 1.54) is 0 Å². The van der Waals surface area contributed by atoms with Gasteiger partial charge in [-0.25, -0.2) is 0 Å². The zero-order chi connectivity index (χ0) is 9.56. The Labute approximate surface area is 74.8 Å². The molecule has 1 unspecified atom stereocenters. The van der Waals surface area contributed by atoms with Crippen LogP contribution in [0.2, 0.25) is 0 Å². The van der Waals surface area contributed by atoms with Crippen molar-refractivity contribution in [3.05, 3.63) is 11.6 Å². The molecule has 0 aliphatic heterocycles. The predicted molar refractivity (Wildman–Crippen MR) is 51.6 cm³/mol. The van der Waals surface area contributed by atoms with Crippen molar-refractivity contribution in [1.82, 2.24) is 0 Å². The van der Waals surface area contributed by atoms with E-state index in [1.54, 1.807) is 6.92 Å². The summed E-state index contributed by atoms with van der Waals surface area (Å²) < 4.78 is 0. The average molecular weight is 169 g/mol. The highest BCUT2D eigenvalue weighted by atomic mass is 16.1. The molecule has 2 nitrogen and oxygen atoms in total. The largest absolute Gasteiger partial charge is 0.366 e. The van der Waals surface area contributed by atoms with Crippen LogP contribution in [0.4, 0.5) is 0 Å². The third kappa shape index (κ3) is 4.16. The molecule has 0 bridgehead atoms. The summed E-state index contributed by atoms with van der Waals surface area (Å²) >= 11 is 0. The molecule has 0 spiro atoms. The first-order chi connectivity index (χ1) is 5.61. The van der Waals surface area contributed by atoms with Crippen LogP contribution in [0, 0.1) is 5.92 Å². The van der Waals surface area contributed by atoms with Crippen LogP contribution in [0.1, 0.15) is 40.0 Å². The van der Waals surface area contributed by atoms with Gasteiger partial charge in [0, 0.05) is 5.57 Å². The van der Waals surface area contributed by atoms with Gasteiger partial charge in [-0.05, 0) is 25.7 Å². The van der Waals surface area contributed by atoms with Crippen molar-refractivity contribution >= 4 is 5.91 Å². The number of allylic oxidation sites excluding steroid dienone is 1. The Morgan fingerprint density at radius 3 is 2.42 bits per heavy atom. The Morgan fingerprint density at radius 2 is 2.08 bits per heavy atom. The third-order valence-electron chi connectivity index (χ3n) is 2.06. The number of amides is 1. The minimum Gasteiger partial charge on any atom is -0.366 e. The van der Waals surface area contributed by atoms with E-state index in [0.29, 0.717) is 11.5 Å². The van der Waals surface area contributed by atoms with Crippen LogP contribution in [-0.2, 0) is 4.79 Å². The van der Waals surface area contributed by atoms with Gasteiger partial charge in [-0.3, -0.25) is 4.79 Å². The van der Waals surface area contributed by atoms with Gasteiger partial charge in [-0.2, -0.15) is 0 Å².